The minimum Gasteiger partial charge on any atom is -0.357 e. The lowest BCUT2D eigenvalue weighted by Crippen LogP contribution is -2.40. The van der Waals surface area contributed by atoms with E-state index in [1.807, 2.05) is 0 Å². The maximum absolute atomic E-state index is 4.81. The molecule has 1 aromatic rings. The van der Waals surface area contributed by atoms with Gasteiger partial charge in [0.05, 0.1) is 0 Å². The molecule has 0 radical (unpaired) electrons. The zero-order valence-electron chi connectivity index (χ0n) is 20.3. The average Bonchev–Trinajstić information content (AvgIpc) is 3.13. The summed E-state index contributed by atoms with van der Waals surface area (Å²) in [5, 5.41) is 0. The first-order valence-corrected chi connectivity index (χ1v) is 13.0. The highest BCUT2D eigenvalue weighted by Crippen LogP contribution is 2.41. The smallest absolute Gasteiger partial charge is 0.128 e. The third-order valence-electron chi connectivity index (χ3n) is 7.99. The van der Waals surface area contributed by atoms with Gasteiger partial charge in [0.1, 0.15) is 5.82 Å². The van der Waals surface area contributed by atoms with E-state index in [2.05, 4.69) is 55.8 Å². The predicted octanol–water partition coefficient (Wildman–Crippen LogP) is 7.06. The molecule has 1 saturated carbocycles. The lowest BCUT2D eigenvalue weighted by Gasteiger charge is -2.42. The Balaban J connectivity index is 0.000000448. The summed E-state index contributed by atoms with van der Waals surface area (Å²) in [4.78, 5) is 9.90. The van der Waals surface area contributed by atoms with E-state index in [1.54, 1.807) is 0 Å². The number of pyridine rings is 1. The van der Waals surface area contributed by atoms with Crippen molar-refractivity contribution < 1.29 is 0 Å². The normalized spacial score (nSPS) is 24.3. The van der Waals surface area contributed by atoms with Crippen LogP contribution in [0, 0.1) is 11.3 Å². The number of anilines is 1. The molecule has 0 amide bonds. The van der Waals surface area contributed by atoms with E-state index >= 15 is 0 Å². The topological polar surface area (TPSA) is 19.4 Å². The predicted molar refractivity (Wildman–Crippen MR) is 130 cm³/mol. The van der Waals surface area contributed by atoms with Crippen molar-refractivity contribution in [3.8, 4) is 0 Å². The molecule has 0 bridgehead atoms. The maximum Gasteiger partial charge on any atom is 0.128 e. The van der Waals surface area contributed by atoms with Crippen molar-refractivity contribution in [3.63, 3.8) is 0 Å². The highest BCUT2D eigenvalue weighted by Gasteiger charge is 2.33. The average molecular weight is 414 g/mol. The van der Waals surface area contributed by atoms with Crippen LogP contribution in [-0.2, 0) is 6.54 Å². The van der Waals surface area contributed by atoms with Gasteiger partial charge in [0, 0.05) is 31.9 Å². The molecule has 1 atom stereocenters. The summed E-state index contributed by atoms with van der Waals surface area (Å²) < 4.78 is 0. The lowest BCUT2D eigenvalue weighted by molar-refractivity contribution is 0.178. The molecule has 3 aliphatic rings. The van der Waals surface area contributed by atoms with E-state index in [0.717, 1.165) is 18.5 Å². The van der Waals surface area contributed by atoms with Crippen molar-refractivity contribution in [2.24, 2.45) is 11.3 Å². The second kappa shape index (κ2) is 11.5. The zero-order valence-corrected chi connectivity index (χ0v) is 20.3. The van der Waals surface area contributed by atoms with Crippen molar-refractivity contribution in [3.05, 3.63) is 23.9 Å². The van der Waals surface area contributed by atoms with E-state index in [0.29, 0.717) is 5.41 Å². The number of nitrogens with zero attached hydrogens (tertiary/aromatic N) is 3. The van der Waals surface area contributed by atoms with Gasteiger partial charge in [-0.2, -0.15) is 0 Å². The minimum atomic E-state index is 0.603. The molecule has 2 aliphatic heterocycles. The SMILES string of the molecule is CC1CCC1.CCCC1(CCC)CCN(c2ccc(CN3CCCC3C)cn2)CC1. The Morgan fingerprint density at radius 3 is 2.03 bits per heavy atom. The molecule has 4 rings (SSSR count). The van der Waals surface area contributed by atoms with Gasteiger partial charge in [0.15, 0.2) is 0 Å². The van der Waals surface area contributed by atoms with Crippen LogP contribution in [0.4, 0.5) is 5.82 Å². The molecule has 170 valence electrons. The first-order chi connectivity index (χ1) is 14.5. The fourth-order valence-electron chi connectivity index (χ4n) is 5.67. The molecule has 30 heavy (non-hydrogen) atoms. The van der Waals surface area contributed by atoms with E-state index in [4.69, 9.17) is 4.98 Å². The molecule has 0 spiro atoms. The van der Waals surface area contributed by atoms with Gasteiger partial charge in [0.25, 0.3) is 0 Å². The standard InChI is InChI=1S/C22H37N3.C5H10/c1-4-10-22(11-5-2)12-15-24(16-13-22)21-9-8-20(17-23-21)18-25-14-6-7-19(25)3;1-5-3-2-4-5/h8-9,17,19H,4-7,10-16,18H2,1-3H3;5H,2-4H2,1H3. The van der Waals surface area contributed by atoms with E-state index in [-0.39, 0.29) is 0 Å². The molecule has 1 aliphatic carbocycles. The van der Waals surface area contributed by atoms with Crippen molar-refractivity contribution in [1.82, 2.24) is 9.88 Å². The quantitative estimate of drug-likeness (QED) is 0.477. The van der Waals surface area contributed by atoms with Crippen LogP contribution >= 0.6 is 0 Å². The van der Waals surface area contributed by atoms with Crippen molar-refractivity contribution in [2.75, 3.05) is 24.5 Å². The molecule has 1 unspecified atom stereocenters. The Labute approximate surface area is 186 Å². The largest absolute Gasteiger partial charge is 0.357 e. The van der Waals surface area contributed by atoms with E-state index in [9.17, 15) is 0 Å². The van der Waals surface area contributed by atoms with Crippen molar-refractivity contribution in [2.45, 2.75) is 111 Å². The van der Waals surface area contributed by atoms with Gasteiger partial charge in [-0.05, 0) is 75.0 Å². The van der Waals surface area contributed by atoms with E-state index in [1.165, 1.54) is 102 Å². The number of piperidine rings is 1. The summed E-state index contributed by atoms with van der Waals surface area (Å²) in [6.07, 6.45) is 17.4. The van der Waals surface area contributed by atoms with Gasteiger partial charge in [-0.3, -0.25) is 4.90 Å². The molecule has 1 aromatic heterocycles. The summed E-state index contributed by atoms with van der Waals surface area (Å²) in [7, 11) is 0. The Morgan fingerprint density at radius 2 is 1.60 bits per heavy atom. The molecule has 0 N–H and O–H groups in total. The van der Waals surface area contributed by atoms with Crippen LogP contribution in [0.25, 0.3) is 0 Å². The van der Waals surface area contributed by atoms with Crippen LogP contribution in [-0.4, -0.2) is 35.6 Å². The second-order valence-electron chi connectivity index (χ2n) is 10.5. The first-order valence-electron chi connectivity index (χ1n) is 13.0. The summed E-state index contributed by atoms with van der Waals surface area (Å²) in [6, 6.07) is 5.28. The molecule has 3 fully saturated rings. The zero-order chi connectivity index (χ0) is 21.4. The summed E-state index contributed by atoms with van der Waals surface area (Å²) >= 11 is 0. The summed E-state index contributed by atoms with van der Waals surface area (Å²) in [5.41, 5.74) is 1.96. The van der Waals surface area contributed by atoms with Crippen LogP contribution in [0.3, 0.4) is 0 Å². The second-order valence-corrected chi connectivity index (χ2v) is 10.5. The van der Waals surface area contributed by atoms with Gasteiger partial charge in [-0.15, -0.1) is 0 Å². The first kappa shape index (κ1) is 23.6. The van der Waals surface area contributed by atoms with Crippen molar-refractivity contribution in [1.29, 1.82) is 0 Å². The molecule has 0 aromatic carbocycles. The van der Waals surface area contributed by atoms with Crippen LogP contribution in [0.5, 0.6) is 0 Å². The minimum absolute atomic E-state index is 0.603. The van der Waals surface area contributed by atoms with Gasteiger partial charge in [0.2, 0.25) is 0 Å². The summed E-state index contributed by atoms with van der Waals surface area (Å²) in [6.45, 7) is 14.0. The molecule has 3 heterocycles. The number of likely N-dealkylation sites (tertiary alicyclic amines) is 1. The maximum atomic E-state index is 4.81. The van der Waals surface area contributed by atoms with Crippen molar-refractivity contribution >= 4 is 5.82 Å². The lowest BCUT2D eigenvalue weighted by atomic mass is 9.72. The van der Waals surface area contributed by atoms with Crippen LogP contribution in [0.1, 0.15) is 104 Å². The highest BCUT2D eigenvalue weighted by atomic mass is 15.2. The van der Waals surface area contributed by atoms with Gasteiger partial charge in [-0.1, -0.05) is 58.9 Å². The number of aromatic nitrogens is 1. The third-order valence-corrected chi connectivity index (χ3v) is 7.99. The van der Waals surface area contributed by atoms with Gasteiger partial charge in [-0.25, -0.2) is 4.98 Å². The van der Waals surface area contributed by atoms with Gasteiger partial charge < -0.3 is 4.90 Å². The number of hydrogen-bond acceptors (Lipinski definition) is 3. The number of rotatable bonds is 7. The van der Waals surface area contributed by atoms with E-state index < -0.39 is 0 Å². The van der Waals surface area contributed by atoms with Gasteiger partial charge >= 0.3 is 0 Å². The molecule has 3 nitrogen and oxygen atoms in total. The molecule has 2 saturated heterocycles. The Morgan fingerprint density at radius 1 is 0.933 bits per heavy atom. The fraction of sp³-hybridized carbons (Fsp3) is 0.815. The number of hydrogen-bond donors (Lipinski definition) is 0. The Kier molecular flexibility index (Phi) is 9.04. The molecular formula is C27H47N3. The van der Waals surface area contributed by atoms with Crippen LogP contribution in [0.15, 0.2) is 18.3 Å². The fourth-order valence-corrected chi connectivity index (χ4v) is 5.67. The highest BCUT2D eigenvalue weighted by molar-refractivity contribution is 5.40. The van der Waals surface area contributed by atoms with Crippen LogP contribution in [0.2, 0.25) is 0 Å². The van der Waals surface area contributed by atoms with Crippen LogP contribution < -0.4 is 4.90 Å². The molecule has 3 heteroatoms. The monoisotopic (exact) mass is 413 g/mol. The Hall–Kier alpha value is -1.09. The third kappa shape index (κ3) is 6.45. The summed E-state index contributed by atoms with van der Waals surface area (Å²) in [5.74, 6) is 2.25. The Bertz CT molecular complexity index is 591. The molecular weight excluding hydrogens is 366 g/mol.